The van der Waals surface area contributed by atoms with Crippen LogP contribution in [0.5, 0.6) is 0 Å². The third-order valence-electron chi connectivity index (χ3n) is 4.40. The predicted octanol–water partition coefficient (Wildman–Crippen LogP) is 3.42. The molecule has 1 fully saturated rings. The summed E-state index contributed by atoms with van der Waals surface area (Å²) in [5, 5.41) is 3.76. The maximum atomic E-state index is 3.76. The van der Waals surface area contributed by atoms with Crippen LogP contribution in [0, 0.1) is 11.8 Å². The van der Waals surface area contributed by atoms with Crippen LogP contribution in [0.25, 0.3) is 0 Å². The Bertz CT molecular complexity index is 292. The van der Waals surface area contributed by atoms with Crippen molar-refractivity contribution in [3.05, 3.63) is 0 Å². The minimum Gasteiger partial charge on any atom is -0.312 e. The van der Waals surface area contributed by atoms with Gasteiger partial charge in [-0.05, 0) is 66.1 Å². The molecule has 0 amide bonds. The molecule has 0 aliphatic carbocycles. The second-order valence-electron chi connectivity index (χ2n) is 6.17. The third-order valence-corrected chi connectivity index (χ3v) is 4.40. The van der Waals surface area contributed by atoms with E-state index >= 15 is 0 Å². The minimum atomic E-state index is 0.241. The largest absolute Gasteiger partial charge is 0.312 e. The van der Waals surface area contributed by atoms with E-state index in [1.807, 2.05) is 6.92 Å². The van der Waals surface area contributed by atoms with E-state index in [9.17, 15) is 0 Å². The molecule has 2 heteroatoms. The average Bonchev–Trinajstić information content (AvgIpc) is 2.43. The van der Waals surface area contributed by atoms with Gasteiger partial charge in [-0.1, -0.05) is 13.3 Å². The van der Waals surface area contributed by atoms with Crippen LogP contribution in [0.1, 0.15) is 66.2 Å². The molecule has 1 rings (SSSR count). The van der Waals surface area contributed by atoms with E-state index in [2.05, 4.69) is 42.8 Å². The highest BCUT2D eigenvalue weighted by Crippen LogP contribution is 2.26. The van der Waals surface area contributed by atoms with Crippen molar-refractivity contribution in [2.24, 2.45) is 0 Å². The summed E-state index contributed by atoms with van der Waals surface area (Å²) < 4.78 is 0. The summed E-state index contributed by atoms with van der Waals surface area (Å²) in [7, 11) is 0. The van der Waals surface area contributed by atoms with Crippen LogP contribution < -0.4 is 5.32 Å². The van der Waals surface area contributed by atoms with Crippen molar-refractivity contribution in [2.45, 2.75) is 77.8 Å². The van der Waals surface area contributed by atoms with Gasteiger partial charge in [0.2, 0.25) is 0 Å². The summed E-state index contributed by atoms with van der Waals surface area (Å²) in [5.41, 5.74) is 0.241. The first-order chi connectivity index (χ1) is 9.12. The lowest BCUT2D eigenvalue weighted by molar-refractivity contribution is 0.0587. The molecule has 0 saturated carbocycles. The molecular formula is C17H32N2. The summed E-state index contributed by atoms with van der Waals surface area (Å²) in [6.07, 6.45) is 7.49. The first-order valence-electron chi connectivity index (χ1n) is 8.01. The zero-order chi connectivity index (χ0) is 14.1. The van der Waals surface area contributed by atoms with E-state index < -0.39 is 0 Å². The number of nitrogens with one attached hydrogen (secondary N) is 1. The van der Waals surface area contributed by atoms with Gasteiger partial charge in [0.05, 0.1) is 0 Å². The fourth-order valence-corrected chi connectivity index (χ4v) is 3.06. The van der Waals surface area contributed by atoms with Gasteiger partial charge in [0.15, 0.2) is 0 Å². The van der Waals surface area contributed by atoms with Crippen molar-refractivity contribution in [1.29, 1.82) is 0 Å². The van der Waals surface area contributed by atoms with Crippen molar-refractivity contribution in [3.63, 3.8) is 0 Å². The molecule has 0 aromatic rings. The second kappa shape index (κ2) is 8.61. The van der Waals surface area contributed by atoms with E-state index in [0.717, 1.165) is 19.4 Å². The molecule has 1 N–H and O–H groups in total. The molecule has 1 aliphatic heterocycles. The molecule has 1 unspecified atom stereocenters. The van der Waals surface area contributed by atoms with E-state index in [0.29, 0.717) is 6.04 Å². The zero-order valence-corrected chi connectivity index (χ0v) is 13.4. The number of nitrogens with zero attached hydrogens (tertiary/aromatic N) is 1. The minimum absolute atomic E-state index is 0.241. The van der Waals surface area contributed by atoms with Crippen molar-refractivity contribution >= 4 is 0 Å². The molecule has 1 heterocycles. The molecule has 1 aliphatic rings. The fourth-order valence-electron chi connectivity index (χ4n) is 3.06. The number of piperidine rings is 1. The Kier molecular flexibility index (Phi) is 7.49. The van der Waals surface area contributed by atoms with Crippen LogP contribution in [0.2, 0.25) is 0 Å². The highest BCUT2D eigenvalue weighted by molar-refractivity contribution is 5.00. The van der Waals surface area contributed by atoms with Crippen LogP contribution in [0.3, 0.4) is 0 Å². The van der Waals surface area contributed by atoms with Crippen molar-refractivity contribution < 1.29 is 0 Å². The van der Waals surface area contributed by atoms with Crippen LogP contribution in [-0.2, 0) is 0 Å². The Hall–Kier alpha value is -0.520. The van der Waals surface area contributed by atoms with Crippen LogP contribution in [0.4, 0.5) is 0 Å². The summed E-state index contributed by atoms with van der Waals surface area (Å²) in [4.78, 5) is 2.68. The molecule has 0 bridgehead atoms. The monoisotopic (exact) mass is 264 g/mol. The number of rotatable bonds is 7. The van der Waals surface area contributed by atoms with Crippen LogP contribution in [0.15, 0.2) is 0 Å². The highest BCUT2D eigenvalue weighted by Gasteiger charge is 2.35. The maximum Gasteiger partial charge on any atom is 0.0306 e. The zero-order valence-electron chi connectivity index (χ0n) is 13.4. The fraction of sp³-hybridized carbons (Fsp3) is 0.882. The first-order valence-corrected chi connectivity index (χ1v) is 8.01. The van der Waals surface area contributed by atoms with Crippen molar-refractivity contribution in [3.8, 4) is 11.8 Å². The second-order valence-corrected chi connectivity index (χ2v) is 6.17. The molecule has 0 spiro atoms. The van der Waals surface area contributed by atoms with Gasteiger partial charge >= 0.3 is 0 Å². The normalized spacial score (nSPS) is 18.7. The molecule has 0 radical (unpaired) electrons. The van der Waals surface area contributed by atoms with Gasteiger partial charge < -0.3 is 5.32 Å². The molecule has 0 aromatic carbocycles. The van der Waals surface area contributed by atoms with Gasteiger partial charge in [0.25, 0.3) is 0 Å². The quantitative estimate of drug-likeness (QED) is 0.709. The summed E-state index contributed by atoms with van der Waals surface area (Å²) in [6.45, 7) is 12.6. The molecule has 2 nitrogen and oxygen atoms in total. The Morgan fingerprint density at radius 1 is 1.21 bits per heavy atom. The number of hydrogen-bond acceptors (Lipinski definition) is 2. The van der Waals surface area contributed by atoms with Crippen molar-refractivity contribution in [1.82, 2.24) is 10.2 Å². The lowest BCUT2D eigenvalue weighted by Gasteiger charge is -2.46. The van der Waals surface area contributed by atoms with E-state index in [1.54, 1.807) is 0 Å². The van der Waals surface area contributed by atoms with Gasteiger partial charge in [0.1, 0.15) is 0 Å². The van der Waals surface area contributed by atoms with E-state index in [-0.39, 0.29) is 5.54 Å². The van der Waals surface area contributed by atoms with Crippen LogP contribution in [-0.4, -0.2) is 36.1 Å². The summed E-state index contributed by atoms with van der Waals surface area (Å²) in [5.74, 6) is 6.24. The van der Waals surface area contributed by atoms with Gasteiger partial charge in [-0.2, -0.15) is 0 Å². The lowest BCUT2D eigenvalue weighted by atomic mass is 9.87. The Labute approximate surface area is 120 Å². The SMILES string of the molecule is CC#CCCC(NCCC)C(C)(C)N1CCCCC1. The average molecular weight is 264 g/mol. The highest BCUT2D eigenvalue weighted by atomic mass is 15.2. The molecular weight excluding hydrogens is 232 g/mol. The molecule has 110 valence electrons. The van der Waals surface area contributed by atoms with Gasteiger partial charge in [0, 0.05) is 18.0 Å². The summed E-state index contributed by atoms with van der Waals surface area (Å²) in [6, 6.07) is 0.548. The molecule has 1 saturated heterocycles. The molecule has 1 atom stereocenters. The Morgan fingerprint density at radius 2 is 1.89 bits per heavy atom. The van der Waals surface area contributed by atoms with Gasteiger partial charge in [-0.25, -0.2) is 0 Å². The molecule has 0 aromatic heterocycles. The molecule has 19 heavy (non-hydrogen) atoms. The summed E-state index contributed by atoms with van der Waals surface area (Å²) >= 11 is 0. The van der Waals surface area contributed by atoms with E-state index in [4.69, 9.17) is 0 Å². The van der Waals surface area contributed by atoms with E-state index in [1.165, 1.54) is 38.8 Å². The maximum absolute atomic E-state index is 3.76. The van der Waals surface area contributed by atoms with Crippen molar-refractivity contribution in [2.75, 3.05) is 19.6 Å². The number of likely N-dealkylation sites (tertiary alicyclic amines) is 1. The Morgan fingerprint density at radius 3 is 2.47 bits per heavy atom. The lowest BCUT2D eigenvalue weighted by Crippen LogP contribution is -2.59. The van der Waals surface area contributed by atoms with Gasteiger partial charge in [-0.3, -0.25) is 4.90 Å². The predicted molar refractivity (Wildman–Crippen MR) is 84.3 cm³/mol. The smallest absolute Gasteiger partial charge is 0.0306 e. The van der Waals surface area contributed by atoms with Crippen LogP contribution >= 0.6 is 0 Å². The Balaban J connectivity index is 2.64. The third kappa shape index (κ3) is 5.16. The first kappa shape index (κ1) is 16.5. The standard InChI is InChI=1S/C17H32N2/c1-5-7-9-12-16(18-13-6-2)17(3,4)19-14-10-8-11-15-19/h16,18H,6,8-15H2,1-4H3. The topological polar surface area (TPSA) is 15.3 Å². The number of hydrogen-bond donors (Lipinski definition) is 1. The van der Waals surface area contributed by atoms with Gasteiger partial charge in [-0.15, -0.1) is 11.8 Å².